The predicted molar refractivity (Wildman–Crippen MR) is 98.0 cm³/mol. The Labute approximate surface area is 152 Å². The second-order valence-electron chi connectivity index (χ2n) is 5.92. The Hall–Kier alpha value is -3.09. The molecule has 7 heteroatoms. The molecule has 0 unspecified atom stereocenters. The van der Waals surface area contributed by atoms with Crippen LogP contribution in [0.25, 0.3) is 0 Å². The van der Waals surface area contributed by atoms with Gasteiger partial charge in [0.15, 0.2) is 11.5 Å². The number of nitro benzene ring substituents is 1. The van der Waals surface area contributed by atoms with E-state index < -0.39 is 4.92 Å². The second kappa shape index (κ2) is 8.33. The summed E-state index contributed by atoms with van der Waals surface area (Å²) in [5, 5.41) is 11.0. The predicted octanol–water partition coefficient (Wildman–Crippen LogP) is 3.24. The van der Waals surface area contributed by atoms with Crippen LogP contribution in [0, 0.1) is 17.0 Å². The molecule has 0 aliphatic heterocycles. The third kappa shape index (κ3) is 4.30. The number of nitrogens with zero attached hydrogens (tertiary/aromatic N) is 2. The van der Waals surface area contributed by atoms with Gasteiger partial charge in [0, 0.05) is 30.8 Å². The third-order valence-electron chi connectivity index (χ3n) is 4.18. The van der Waals surface area contributed by atoms with Crippen molar-refractivity contribution in [1.29, 1.82) is 0 Å². The van der Waals surface area contributed by atoms with Crippen molar-refractivity contribution < 1.29 is 19.2 Å². The van der Waals surface area contributed by atoms with E-state index >= 15 is 0 Å². The Morgan fingerprint density at radius 1 is 1.12 bits per heavy atom. The molecule has 2 aromatic carbocycles. The van der Waals surface area contributed by atoms with Crippen molar-refractivity contribution >= 4 is 11.6 Å². The molecule has 0 radical (unpaired) electrons. The van der Waals surface area contributed by atoms with Crippen molar-refractivity contribution in [3.05, 3.63) is 63.2 Å². The fourth-order valence-electron chi connectivity index (χ4n) is 2.59. The molecule has 2 rings (SSSR count). The number of nitro groups is 1. The van der Waals surface area contributed by atoms with Crippen molar-refractivity contribution in [3.8, 4) is 11.5 Å². The summed E-state index contributed by atoms with van der Waals surface area (Å²) in [5.74, 6) is 1.02. The number of hydrogen-bond acceptors (Lipinski definition) is 5. The number of aryl methyl sites for hydroxylation is 1. The van der Waals surface area contributed by atoms with E-state index in [1.807, 2.05) is 18.2 Å². The number of carbonyl (C=O) groups excluding carboxylic acids is 1. The summed E-state index contributed by atoms with van der Waals surface area (Å²) in [6.45, 7) is 2.11. The average molecular weight is 358 g/mol. The Morgan fingerprint density at radius 2 is 1.81 bits per heavy atom. The van der Waals surface area contributed by atoms with Crippen LogP contribution in [0.4, 0.5) is 5.69 Å². The highest BCUT2D eigenvalue weighted by atomic mass is 16.6. The summed E-state index contributed by atoms with van der Waals surface area (Å²) in [6, 6.07) is 10.1. The number of methoxy groups -OCH3 is 2. The third-order valence-corrected chi connectivity index (χ3v) is 4.18. The number of ether oxygens (including phenoxy) is 2. The minimum atomic E-state index is -0.476. The van der Waals surface area contributed by atoms with Gasteiger partial charge >= 0.3 is 0 Å². The lowest BCUT2D eigenvalue weighted by Gasteiger charge is -2.18. The van der Waals surface area contributed by atoms with Crippen LogP contribution in [0.1, 0.15) is 21.5 Å². The first-order chi connectivity index (χ1) is 12.4. The molecule has 0 atom stereocenters. The number of likely N-dealkylation sites (N-methyl/N-ethyl adjacent to an activating group) is 1. The van der Waals surface area contributed by atoms with Gasteiger partial charge in [0.1, 0.15) is 0 Å². The summed E-state index contributed by atoms with van der Waals surface area (Å²) in [7, 11) is 4.82. The molecule has 0 N–H and O–H groups in total. The van der Waals surface area contributed by atoms with Crippen molar-refractivity contribution in [2.75, 3.05) is 27.8 Å². The van der Waals surface area contributed by atoms with Crippen molar-refractivity contribution in [1.82, 2.24) is 4.90 Å². The van der Waals surface area contributed by atoms with E-state index in [1.165, 1.54) is 6.07 Å². The van der Waals surface area contributed by atoms with Gasteiger partial charge < -0.3 is 14.4 Å². The summed E-state index contributed by atoms with van der Waals surface area (Å²) in [5.41, 5.74) is 1.78. The molecular formula is C19H22N2O5. The molecule has 0 heterocycles. The SMILES string of the molecule is COc1ccc(CCN(C)C(=O)c2ccc(C)c([N+](=O)[O-])c2)cc1OC. The number of rotatable bonds is 7. The van der Waals surface area contributed by atoms with Gasteiger partial charge in [-0.05, 0) is 37.1 Å². The fourth-order valence-corrected chi connectivity index (χ4v) is 2.59. The normalized spacial score (nSPS) is 10.3. The van der Waals surface area contributed by atoms with Crippen LogP contribution in [0.3, 0.4) is 0 Å². The molecule has 0 aromatic heterocycles. The molecule has 0 saturated heterocycles. The van der Waals surface area contributed by atoms with Crippen LogP contribution in [0.15, 0.2) is 36.4 Å². The first-order valence-corrected chi connectivity index (χ1v) is 8.08. The molecule has 0 fully saturated rings. The molecule has 0 saturated carbocycles. The highest BCUT2D eigenvalue weighted by Crippen LogP contribution is 2.27. The zero-order chi connectivity index (χ0) is 19.3. The van der Waals surface area contributed by atoms with Gasteiger partial charge in [0.25, 0.3) is 11.6 Å². The number of benzene rings is 2. The van der Waals surface area contributed by atoms with E-state index in [4.69, 9.17) is 9.47 Å². The van der Waals surface area contributed by atoms with Gasteiger partial charge in [-0.3, -0.25) is 14.9 Å². The minimum Gasteiger partial charge on any atom is -0.493 e. The second-order valence-corrected chi connectivity index (χ2v) is 5.92. The quantitative estimate of drug-likeness (QED) is 0.560. The lowest BCUT2D eigenvalue weighted by molar-refractivity contribution is -0.385. The summed E-state index contributed by atoms with van der Waals surface area (Å²) in [6.07, 6.45) is 0.622. The maximum absolute atomic E-state index is 12.5. The molecule has 138 valence electrons. The Morgan fingerprint density at radius 3 is 2.42 bits per heavy atom. The van der Waals surface area contributed by atoms with Gasteiger partial charge in [0.05, 0.1) is 19.1 Å². The zero-order valence-corrected chi connectivity index (χ0v) is 15.3. The standard InChI is InChI=1S/C19H22N2O5/c1-13-5-7-15(12-16(13)21(23)24)19(22)20(2)10-9-14-6-8-17(25-3)18(11-14)26-4/h5-8,11-12H,9-10H2,1-4H3. The van der Waals surface area contributed by atoms with Gasteiger partial charge in [-0.15, -0.1) is 0 Å². The number of hydrogen-bond donors (Lipinski definition) is 0. The highest BCUT2D eigenvalue weighted by Gasteiger charge is 2.17. The maximum atomic E-state index is 12.5. The topological polar surface area (TPSA) is 81.9 Å². The molecule has 0 aliphatic rings. The van der Waals surface area contributed by atoms with E-state index in [2.05, 4.69) is 0 Å². The van der Waals surface area contributed by atoms with Crippen molar-refractivity contribution in [3.63, 3.8) is 0 Å². The van der Waals surface area contributed by atoms with Crippen molar-refractivity contribution in [2.45, 2.75) is 13.3 Å². The molecule has 1 amide bonds. The monoisotopic (exact) mass is 358 g/mol. The first kappa shape index (κ1) is 19.2. The van der Waals surface area contributed by atoms with Gasteiger partial charge in [-0.1, -0.05) is 12.1 Å². The first-order valence-electron chi connectivity index (χ1n) is 8.08. The number of amides is 1. The van der Waals surface area contributed by atoms with E-state index in [0.717, 1.165) is 5.56 Å². The summed E-state index contributed by atoms with van der Waals surface area (Å²) < 4.78 is 10.5. The lowest BCUT2D eigenvalue weighted by atomic mass is 10.1. The fraction of sp³-hybridized carbons (Fsp3) is 0.316. The van der Waals surface area contributed by atoms with E-state index in [9.17, 15) is 14.9 Å². The van der Waals surface area contributed by atoms with Crippen molar-refractivity contribution in [2.24, 2.45) is 0 Å². The average Bonchev–Trinajstić information content (AvgIpc) is 2.65. The van der Waals surface area contributed by atoms with E-state index in [1.54, 1.807) is 45.2 Å². The van der Waals surface area contributed by atoms with Crippen LogP contribution in [0.2, 0.25) is 0 Å². The zero-order valence-electron chi connectivity index (χ0n) is 15.3. The molecule has 7 nitrogen and oxygen atoms in total. The largest absolute Gasteiger partial charge is 0.493 e. The molecule has 0 bridgehead atoms. The van der Waals surface area contributed by atoms with Crippen LogP contribution in [0.5, 0.6) is 11.5 Å². The van der Waals surface area contributed by atoms with Crippen LogP contribution < -0.4 is 9.47 Å². The van der Waals surface area contributed by atoms with E-state index in [-0.39, 0.29) is 11.6 Å². The van der Waals surface area contributed by atoms with E-state index in [0.29, 0.717) is 35.6 Å². The minimum absolute atomic E-state index is 0.0517. The molecule has 2 aromatic rings. The number of carbonyl (C=O) groups is 1. The maximum Gasteiger partial charge on any atom is 0.273 e. The van der Waals surface area contributed by atoms with Gasteiger partial charge in [-0.25, -0.2) is 0 Å². The smallest absolute Gasteiger partial charge is 0.273 e. The molecule has 0 spiro atoms. The molecule has 26 heavy (non-hydrogen) atoms. The Bertz CT molecular complexity index is 820. The highest BCUT2D eigenvalue weighted by molar-refractivity contribution is 5.94. The molecular weight excluding hydrogens is 336 g/mol. The van der Waals surface area contributed by atoms with Crippen LogP contribution >= 0.6 is 0 Å². The van der Waals surface area contributed by atoms with Gasteiger partial charge in [-0.2, -0.15) is 0 Å². The Balaban J connectivity index is 2.08. The Kier molecular flexibility index (Phi) is 6.16. The molecule has 0 aliphatic carbocycles. The van der Waals surface area contributed by atoms with Crippen LogP contribution in [-0.4, -0.2) is 43.5 Å². The summed E-state index contributed by atoms with van der Waals surface area (Å²) >= 11 is 0. The van der Waals surface area contributed by atoms with Crippen LogP contribution in [-0.2, 0) is 6.42 Å². The lowest BCUT2D eigenvalue weighted by Crippen LogP contribution is -2.28. The van der Waals surface area contributed by atoms with Gasteiger partial charge in [0.2, 0.25) is 0 Å². The summed E-state index contributed by atoms with van der Waals surface area (Å²) in [4.78, 5) is 24.7.